The Balaban J connectivity index is 1.28. The van der Waals surface area contributed by atoms with Gasteiger partial charge in [0.25, 0.3) is 0 Å². The Hall–Kier alpha value is -6.25. The van der Waals surface area contributed by atoms with E-state index in [9.17, 15) is 0 Å². The molecule has 47 heavy (non-hydrogen) atoms. The molecule has 0 saturated heterocycles. The van der Waals surface area contributed by atoms with Gasteiger partial charge in [-0.05, 0) is 85.3 Å². The SMILES string of the molecule is [2H]c1c([2H])c([2H])c(-c2cccc(-c3c4ccccc4c(-c4cccc(-n5c(-c6ccccc6)nc6ccccc65)c4)c4ccccc34)c2)c([2H])c1[2H]. The number of rotatable bonds is 5. The average Bonchev–Trinajstić information content (AvgIpc) is 3.59. The van der Waals surface area contributed by atoms with E-state index in [2.05, 4.69) is 89.5 Å². The molecule has 9 rings (SSSR count). The molecule has 0 saturated carbocycles. The first-order valence-electron chi connectivity index (χ1n) is 18.2. The van der Waals surface area contributed by atoms with Crippen molar-refractivity contribution in [2.45, 2.75) is 0 Å². The standard InChI is InChI=1S/C45H30N2/c1-3-15-31(16-4-1)33-19-13-20-34(29-33)43-37-23-7-9-25-39(37)44(40-26-10-8-24-38(40)43)35-21-14-22-36(30-35)47-42-28-12-11-27-41(42)46-45(47)32-17-5-2-6-18-32/h1-30H/i1D,3D,4D,15D,16D. The monoisotopic (exact) mass is 603 g/mol. The van der Waals surface area contributed by atoms with Crippen LogP contribution in [0.3, 0.4) is 0 Å². The predicted octanol–water partition coefficient (Wildman–Crippen LogP) is 12.0. The molecule has 0 bridgehead atoms. The van der Waals surface area contributed by atoms with Crippen LogP contribution >= 0.6 is 0 Å². The topological polar surface area (TPSA) is 17.8 Å². The molecule has 2 nitrogen and oxygen atoms in total. The minimum atomic E-state index is -0.399. The molecule has 0 aliphatic heterocycles. The van der Waals surface area contributed by atoms with Crippen LogP contribution in [0.5, 0.6) is 0 Å². The Morgan fingerprint density at radius 3 is 1.64 bits per heavy atom. The van der Waals surface area contributed by atoms with Crippen molar-refractivity contribution in [3.63, 3.8) is 0 Å². The van der Waals surface area contributed by atoms with Gasteiger partial charge in [-0.1, -0.05) is 152 Å². The van der Waals surface area contributed by atoms with Crippen molar-refractivity contribution in [1.82, 2.24) is 9.55 Å². The number of aromatic nitrogens is 2. The first-order chi connectivity index (χ1) is 25.4. The molecule has 0 spiro atoms. The van der Waals surface area contributed by atoms with Crippen LogP contribution in [0.2, 0.25) is 0 Å². The van der Waals surface area contributed by atoms with Gasteiger partial charge in [-0.3, -0.25) is 4.57 Å². The van der Waals surface area contributed by atoms with Crippen LogP contribution in [0.1, 0.15) is 6.85 Å². The highest BCUT2D eigenvalue weighted by atomic mass is 15.1. The first-order valence-corrected chi connectivity index (χ1v) is 15.7. The normalized spacial score (nSPS) is 12.9. The van der Waals surface area contributed by atoms with E-state index in [-0.39, 0.29) is 29.7 Å². The van der Waals surface area contributed by atoms with Gasteiger partial charge in [0.05, 0.1) is 17.9 Å². The maximum atomic E-state index is 8.63. The molecule has 1 heterocycles. The van der Waals surface area contributed by atoms with E-state index < -0.39 is 6.04 Å². The molecule has 0 amide bonds. The summed E-state index contributed by atoms with van der Waals surface area (Å²) in [6.07, 6.45) is 0. The maximum Gasteiger partial charge on any atom is 0.145 e. The molecule has 1 aromatic heterocycles. The Labute approximate surface area is 280 Å². The molecular weight excluding hydrogens is 569 g/mol. The molecule has 2 heteroatoms. The third-order valence-electron chi connectivity index (χ3n) is 8.86. The van der Waals surface area contributed by atoms with Crippen molar-refractivity contribution in [2.75, 3.05) is 0 Å². The van der Waals surface area contributed by atoms with E-state index in [4.69, 9.17) is 11.8 Å². The number of hydrogen-bond acceptors (Lipinski definition) is 1. The summed E-state index contributed by atoms with van der Waals surface area (Å²) in [5.41, 5.74) is 8.87. The van der Waals surface area contributed by atoms with Crippen LogP contribution in [0, 0.1) is 0 Å². The Morgan fingerprint density at radius 2 is 0.957 bits per heavy atom. The second kappa shape index (κ2) is 11.3. The molecule has 0 aliphatic rings. The summed E-state index contributed by atoms with van der Waals surface area (Å²) >= 11 is 0. The van der Waals surface area contributed by atoms with Crippen LogP contribution in [0.4, 0.5) is 0 Å². The summed E-state index contributed by atoms with van der Waals surface area (Å²) in [4.78, 5) is 5.07. The number of imidazole rings is 1. The zero-order chi connectivity index (χ0) is 35.5. The average molecular weight is 604 g/mol. The molecular formula is C45H30N2. The van der Waals surface area contributed by atoms with E-state index in [0.29, 0.717) is 5.56 Å². The van der Waals surface area contributed by atoms with Gasteiger partial charge in [-0.2, -0.15) is 0 Å². The van der Waals surface area contributed by atoms with Crippen molar-refractivity contribution < 1.29 is 6.85 Å². The smallest absolute Gasteiger partial charge is 0.145 e. The van der Waals surface area contributed by atoms with Gasteiger partial charge in [0, 0.05) is 11.3 Å². The van der Waals surface area contributed by atoms with Crippen molar-refractivity contribution in [3.8, 4) is 50.5 Å². The molecule has 0 aliphatic carbocycles. The third kappa shape index (κ3) is 4.62. The van der Waals surface area contributed by atoms with E-state index in [1.807, 2.05) is 66.7 Å². The van der Waals surface area contributed by atoms with E-state index in [1.165, 1.54) is 0 Å². The van der Waals surface area contributed by atoms with Gasteiger partial charge in [0.15, 0.2) is 0 Å². The van der Waals surface area contributed by atoms with Gasteiger partial charge in [-0.15, -0.1) is 0 Å². The van der Waals surface area contributed by atoms with Gasteiger partial charge >= 0.3 is 0 Å². The van der Waals surface area contributed by atoms with Gasteiger partial charge in [0.2, 0.25) is 0 Å². The molecule has 9 aromatic rings. The molecule has 0 unspecified atom stereocenters. The summed E-state index contributed by atoms with van der Waals surface area (Å²) in [7, 11) is 0. The third-order valence-corrected chi connectivity index (χ3v) is 8.86. The summed E-state index contributed by atoms with van der Waals surface area (Å²) in [5.74, 6) is 0.878. The van der Waals surface area contributed by atoms with Crippen molar-refractivity contribution in [1.29, 1.82) is 0 Å². The lowest BCUT2D eigenvalue weighted by atomic mass is 9.85. The molecule has 0 radical (unpaired) electrons. The number of para-hydroxylation sites is 2. The van der Waals surface area contributed by atoms with E-state index in [1.54, 1.807) is 0 Å². The highest BCUT2D eigenvalue weighted by molar-refractivity contribution is 6.21. The van der Waals surface area contributed by atoms with Crippen molar-refractivity contribution in [3.05, 3.63) is 182 Å². The molecule has 8 aromatic carbocycles. The number of hydrogen-bond donors (Lipinski definition) is 0. The fraction of sp³-hybridized carbons (Fsp3) is 0. The van der Waals surface area contributed by atoms with Crippen LogP contribution in [-0.4, -0.2) is 9.55 Å². The van der Waals surface area contributed by atoms with E-state index in [0.717, 1.165) is 71.9 Å². The lowest BCUT2D eigenvalue weighted by molar-refractivity contribution is 1.10. The minimum Gasteiger partial charge on any atom is -0.292 e. The maximum absolute atomic E-state index is 8.63. The van der Waals surface area contributed by atoms with Crippen LogP contribution in [0.15, 0.2) is 182 Å². The van der Waals surface area contributed by atoms with Gasteiger partial charge < -0.3 is 0 Å². The molecule has 0 N–H and O–H groups in total. The lowest BCUT2D eigenvalue weighted by Crippen LogP contribution is -1.98. The fourth-order valence-corrected chi connectivity index (χ4v) is 6.84. The van der Waals surface area contributed by atoms with Gasteiger partial charge in [0.1, 0.15) is 5.82 Å². The van der Waals surface area contributed by atoms with Crippen LogP contribution in [-0.2, 0) is 0 Å². The number of benzene rings is 8. The predicted molar refractivity (Wildman–Crippen MR) is 198 cm³/mol. The Kier molecular flexibility index (Phi) is 5.35. The van der Waals surface area contributed by atoms with Crippen LogP contribution in [0.25, 0.3) is 83.0 Å². The molecule has 0 atom stereocenters. The Morgan fingerprint density at radius 1 is 0.426 bits per heavy atom. The van der Waals surface area contributed by atoms with E-state index >= 15 is 0 Å². The summed E-state index contributed by atoms with van der Waals surface area (Å²) in [6, 6.07) is 50.1. The quantitative estimate of drug-likeness (QED) is 0.179. The minimum absolute atomic E-state index is 0.191. The zero-order valence-corrected chi connectivity index (χ0v) is 25.3. The van der Waals surface area contributed by atoms with Crippen LogP contribution < -0.4 is 0 Å². The zero-order valence-electron chi connectivity index (χ0n) is 30.3. The summed E-state index contributed by atoms with van der Waals surface area (Å²) in [5, 5.41) is 4.27. The highest BCUT2D eigenvalue weighted by Gasteiger charge is 2.19. The Bertz CT molecular complexity index is 2770. The summed E-state index contributed by atoms with van der Waals surface area (Å²) in [6.45, 7) is 0. The second-order valence-electron chi connectivity index (χ2n) is 11.6. The van der Waals surface area contributed by atoms with Gasteiger partial charge in [-0.25, -0.2) is 4.98 Å². The first kappa shape index (κ1) is 22.3. The van der Waals surface area contributed by atoms with Crippen molar-refractivity contribution >= 4 is 32.6 Å². The number of fused-ring (bicyclic) bond motifs is 3. The summed E-state index contributed by atoms with van der Waals surface area (Å²) < 4.78 is 44.1. The highest BCUT2D eigenvalue weighted by Crippen LogP contribution is 2.44. The second-order valence-corrected chi connectivity index (χ2v) is 11.6. The number of nitrogens with zero attached hydrogens (tertiary/aromatic N) is 2. The largest absolute Gasteiger partial charge is 0.292 e. The lowest BCUT2D eigenvalue weighted by Gasteiger charge is -2.19. The molecule has 220 valence electrons. The fourth-order valence-electron chi connectivity index (χ4n) is 6.84. The molecule has 0 fully saturated rings. The van der Waals surface area contributed by atoms with Crippen molar-refractivity contribution in [2.24, 2.45) is 0 Å².